The second-order valence-corrected chi connectivity index (χ2v) is 6.85. The van der Waals surface area contributed by atoms with Crippen LogP contribution in [0.15, 0.2) is 60.9 Å². The molecular weight excluding hydrogens is 366 g/mol. The molecule has 0 radical (unpaired) electrons. The van der Waals surface area contributed by atoms with Gasteiger partial charge in [-0.2, -0.15) is 5.26 Å². The number of carbonyl (C=O) groups excluding carboxylic acids is 2. The zero-order valence-electron chi connectivity index (χ0n) is 15.7. The number of amides is 1. The smallest absolute Gasteiger partial charge is 0.253 e. The molecule has 0 saturated carbocycles. The Balaban J connectivity index is 1.45. The SMILES string of the molecule is N#CC(C(=O)c1ccc2cnccc2n1)N1CCN(C(=O)c2ccccc2)CC1. The van der Waals surface area contributed by atoms with Gasteiger partial charge in [-0.05, 0) is 30.3 Å². The van der Waals surface area contributed by atoms with Gasteiger partial charge in [0.15, 0.2) is 6.04 Å². The fourth-order valence-electron chi connectivity index (χ4n) is 3.50. The van der Waals surface area contributed by atoms with Crippen LogP contribution >= 0.6 is 0 Å². The minimum atomic E-state index is -0.921. The van der Waals surface area contributed by atoms with E-state index in [-0.39, 0.29) is 17.4 Å². The number of piperazine rings is 1. The molecule has 1 unspecified atom stereocenters. The van der Waals surface area contributed by atoms with Gasteiger partial charge >= 0.3 is 0 Å². The highest BCUT2D eigenvalue weighted by Gasteiger charge is 2.31. The predicted octanol–water partition coefficient (Wildman–Crippen LogP) is 2.16. The van der Waals surface area contributed by atoms with Gasteiger partial charge in [-0.1, -0.05) is 18.2 Å². The number of carbonyl (C=O) groups is 2. The number of nitriles is 1. The van der Waals surface area contributed by atoms with Crippen molar-refractivity contribution in [1.29, 1.82) is 5.26 Å². The van der Waals surface area contributed by atoms with Crippen molar-refractivity contribution in [1.82, 2.24) is 19.8 Å². The molecule has 0 spiro atoms. The van der Waals surface area contributed by atoms with E-state index in [1.807, 2.05) is 23.1 Å². The summed E-state index contributed by atoms with van der Waals surface area (Å²) in [6, 6.07) is 15.5. The lowest BCUT2D eigenvalue weighted by molar-refractivity contribution is 0.0581. The predicted molar refractivity (Wildman–Crippen MR) is 107 cm³/mol. The van der Waals surface area contributed by atoms with E-state index >= 15 is 0 Å². The second kappa shape index (κ2) is 8.17. The molecule has 3 aromatic rings. The van der Waals surface area contributed by atoms with E-state index in [1.165, 1.54) is 0 Å². The number of ketones is 1. The third-order valence-electron chi connectivity index (χ3n) is 5.10. The number of aromatic nitrogens is 2. The van der Waals surface area contributed by atoms with E-state index in [0.29, 0.717) is 37.3 Å². The Morgan fingerprint density at radius 2 is 1.76 bits per heavy atom. The first kappa shape index (κ1) is 18.7. The van der Waals surface area contributed by atoms with Crippen LogP contribution in [0.5, 0.6) is 0 Å². The Bertz CT molecular complexity index is 1090. The molecule has 1 fully saturated rings. The molecule has 1 saturated heterocycles. The lowest BCUT2D eigenvalue weighted by atomic mass is 10.1. The lowest BCUT2D eigenvalue weighted by Gasteiger charge is -2.36. The molecule has 1 atom stereocenters. The van der Waals surface area contributed by atoms with Crippen LogP contribution in [0.25, 0.3) is 10.9 Å². The third kappa shape index (κ3) is 3.84. The Hall–Kier alpha value is -3.63. The van der Waals surface area contributed by atoms with Crippen molar-refractivity contribution in [2.45, 2.75) is 6.04 Å². The summed E-state index contributed by atoms with van der Waals surface area (Å²) >= 11 is 0. The topological polar surface area (TPSA) is 90.2 Å². The molecule has 7 heteroatoms. The van der Waals surface area contributed by atoms with Crippen LogP contribution in [0.4, 0.5) is 0 Å². The van der Waals surface area contributed by atoms with Crippen molar-refractivity contribution >= 4 is 22.6 Å². The highest BCUT2D eigenvalue weighted by Crippen LogP contribution is 2.16. The number of nitrogens with zero attached hydrogens (tertiary/aromatic N) is 5. The molecule has 2 aromatic heterocycles. The maximum absolute atomic E-state index is 12.9. The van der Waals surface area contributed by atoms with Crippen LogP contribution in [-0.2, 0) is 0 Å². The number of pyridine rings is 2. The molecule has 4 rings (SSSR count). The van der Waals surface area contributed by atoms with Crippen LogP contribution in [0.1, 0.15) is 20.8 Å². The summed E-state index contributed by atoms with van der Waals surface area (Å²) in [5, 5.41) is 10.5. The second-order valence-electron chi connectivity index (χ2n) is 6.85. The van der Waals surface area contributed by atoms with Crippen LogP contribution in [0.2, 0.25) is 0 Å². The normalized spacial score (nSPS) is 15.6. The summed E-state index contributed by atoms with van der Waals surface area (Å²) in [5.74, 6) is -0.357. The van der Waals surface area contributed by atoms with E-state index in [1.54, 1.807) is 47.6 Å². The van der Waals surface area contributed by atoms with Crippen LogP contribution in [0.3, 0.4) is 0 Å². The van der Waals surface area contributed by atoms with E-state index in [0.717, 1.165) is 5.39 Å². The van der Waals surface area contributed by atoms with Gasteiger partial charge in [0.2, 0.25) is 5.78 Å². The maximum Gasteiger partial charge on any atom is 0.253 e. The zero-order valence-corrected chi connectivity index (χ0v) is 15.7. The summed E-state index contributed by atoms with van der Waals surface area (Å²) in [5.41, 5.74) is 1.57. The molecule has 0 aliphatic carbocycles. The number of Topliss-reactive ketones (excluding diaryl/α,β-unsaturated/α-hetero) is 1. The Morgan fingerprint density at radius 1 is 1.00 bits per heavy atom. The van der Waals surface area contributed by atoms with Crippen molar-refractivity contribution in [3.05, 3.63) is 72.2 Å². The molecule has 144 valence electrons. The van der Waals surface area contributed by atoms with E-state index < -0.39 is 6.04 Å². The lowest BCUT2D eigenvalue weighted by Crippen LogP contribution is -2.53. The summed E-state index contributed by atoms with van der Waals surface area (Å²) < 4.78 is 0. The van der Waals surface area contributed by atoms with Gasteiger partial charge < -0.3 is 4.90 Å². The zero-order chi connectivity index (χ0) is 20.2. The molecule has 0 bridgehead atoms. The van der Waals surface area contributed by atoms with Crippen LogP contribution < -0.4 is 0 Å². The van der Waals surface area contributed by atoms with Crippen molar-refractivity contribution in [3.63, 3.8) is 0 Å². The van der Waals surface area contributed by atoms with Crippen molar-refractivity contribution in [2.75, 3.05) is 26.2 Å². The van der Waals surface area contributed by atoms with Crippen LogP contribution in [0, 0.1) is 11.3 Å². The molecule has 1 aliphatic rings. The first-order valence-electron chi connectivity index (χ1n) is 9.40. The van der Waals surface area contributed by atoms with E-state index in [9.17, 15) is 14.9 Å². The minimum Gasteiger partial charge on any atom is -0.336 e. The molecule has 3 heterocycles. The molecule has 1 aliphatic heterocycles. The van der Waals surface area contributed by atoms with Gasteiger partial charge in [0.05, 0.1) is 11.6 Å². The Morgan fingerprint density at radius 3 is 2.48 bits per heavy atom. The summed E-state index contributed by atoms with van der Waals surface area (Å²) in [6.45, 7) is 1.85. The molecule has 1 aromatic carbocycles. The molecule has 7 nitrogen and oxygen atoms in total. The average molecular weight is 385 g/mol. The fraction of sp³-hybridized carbons (Fsp3) is 0.227. The number of hydrogen-bond donors (Lipinski definition) is 0. The maximum atomic E-state index is 12.9. The van der Waals surface area contributed by atoms with E-state index in [2.05, 4.69) is 16.0 Å². The third-order valence-corrected chi connectivity index (χ3v) is 5.10. The molecule has 0 N–H and O–H groups in total. The van der Waals surface area contributed by atoms with Gasteiger partial charge in [-0.3, -0.25) is 19.5 Å². The summed E-state index contributed by atoms with van der Waals surface area (Å²) in [7, 11) is 0. The van der Waals surface area contributed by atoms with Gasteiger partial charge in [-0.25, -0.2) is 4.98 Å². The average Bonchev–Trinajstić information content (AvgIpc) is 2.79. The van der Waals surface area contributed by atoms with Crippen molar-refractivity contribution < 1.29 is 9.59 Å². The Kier molecular flexibility index (Phi) is 5.27. The minimum absolute atomic E-state index is 0.0325. The monoisotopic (exact) mass is 385 g/mol. The number of rotatable bonds is 4. The first-order chi connectivity index (χ1) is 14.2. The van der Waals surface area contributed by atoms with Gasteiger partial charge in [-0.15, -0.1) is 0 Å². The fourth-order valence-corrected chi connectivity index (χ4v) is 3.50. The molecule has 29 heavy (non-hydrogen) atoms. The largest absolute Gasteiger partial charge is 0.336 e. The van der Waals surface area contributed by atoms with E-state index in [4.69, 9.17) is 0 Å². The van der Waals surface area contributed by atoms with Crippen LogP contribution in [-0.4, -0.2) is 63.7 Å². The van der Waals surface area contributed by atoms with Gasteiger partial charge in [0, 0.05) is 49.5 Å². The highest BCUT2D eigenvalue weighted by molar-refractivity contribution is 6.01. The van der Waals surface area contributed by atoms with Crippen molar-refractivity contribution in [2.24, 2.45) is 0 Å². The standard InChI is InChI=1S/C22H19N5O2/c23-14-20(21(28)19-7-6-17-15-24-9-8-18(17)25-19)26-10-12-27(13-11-26)22(29)16-4-2-1-3-5-16/h1-9,15,20H,10-13H2. The van der Waals surface area contributed by atoms with Crippen molar-refractivity contribution in [3.8, 4) is 6.07 Å². The molecular formula is C22H19N5O2. The molecule has 1 amide bonds. The highest BCUT2D eigenvalue weighted by atomic mass is 16.2. The number of hydrogen-bond acceptors (Lipinski definition) is 6. The Labute approximate surface area is 168 Å². The number of benzene rings is 1. The number of fused-ring (bicyclic) bond motifs is 1. The van der Waals surface area contributed by atoms with Gasteiger partial charge in [0.25, 0.3) is 5.91 Å². The quantitative estimate of drug-likeness (QED) is 0.640. The first-order valence-corrected chi connectivity index (χ1v) is 9.40. The summed E-state index contributed by atoms with van der Waals surface area (Å²) in [6.07, 6.45) is 3.30. The van der Waals surface area contributed by atoms with Gasteiger partial charge in [0.1, 0.15) is 5.69 Å². The summed E-state index contributed by atoms with van der Waals surface area (Å²) in [4.78, 5) is 37.5.